The van der Waals surface area contributed by atoms with Crippen molar-refractivity contribution in [2.45, 2.75) is 26.8 Å². The number of aromatic nitrogens is 3. The van der Waals surface area contributed by atoms with Crippen LogP contribution in [-0.4, -0.2) is 27.3 Å². The Morgan fingerprint density at radius 3 is 2.76 bits per heavy atom. The fourth-order valence-electron chi connectivity index (χ4n) is 3.67. The molecule has 0 unspecified atom stereocenters. The van der Waals surface area contributed by atoms with E-state index < -0.39 is 0 Å². The lowest BCUT2D eigenvalue weighted by Gasteiger charge is -2.11. The van der Waals surface area contributed by atoms with Crippen LogP contribution in [0.4, 0.5) is 23.3 Å². The summed E-state index contributed by atoms with van der Waals surface area (Å²) in [7, 11) is 0. The minimum absolute atomic E-state index is 0.249. The van der Waals surface area contributed by atoms with Crippen LogP contribution in [0.2, 0.25) is 0 Å². The van der Waals surface area contributed by atoms with Gasteiger partial charge in [-0.3, -0.25) is 4.99 Å². The van der Waals surface area contributed by atoms with Crippen molar-refractivity contribution in [3.8, 4) is 6.01 Å². The molecular weight excluding hydrogens is 416 g/mol. The molecule has 33 heavy (non-hydrogen) atoms. The number of fused-ring (bicyclic) bond motifs is 1. The van der Waals surface area contributed by atoms with Gasteiger partial charge in [0.2, 0.25) is 11.9 Å². The van der Waals surface area contributed by atoms with Gasteiger partial charge in [-0.25, -0.2) is 0 Å². The van der Waals surface area contributed by atoms with E-state index in [1.807, 2.05) is 31.2 Å². The molecule has 166 valence electrons. The quantitative estimate of drug-likeness (QED) is 0.388. The van der Waals surface area contributed by atoms with Crippen LogP contribution in [0.3, 0.4) is 0 Å². The van der Waals surface area contributed by atoms with E-state index >= 15 is 0 Å². The number of furan rings is 1. The number of nitrogens with zero attached hydrogens (tertiary/aromatic N) is 4. The third-order valence-corrected chi connectivity index (χ3v) is 5.19. The maximum absolute atomic E-state index is 5.53. The van der Waals surface area contributed by atoms with Gasteiger partial charge in [0.25, 0.3) is 0 Å². The summed E-state index contributed by atoms with van der Waals surface area (Å²) >= 11 is 0. The monoisotopic (exact) mass is 440 g/mol. The normalized spacial score (nSPS) is 12.2. The average molecular weight is 441 g/mol. The van der Waals surface area contributed by atoms with Gasteiger partial charge in [-0.05, 0) is 55.3 Å². The Labute approximate surface area is 191 Å². The van der Waals surface area contributed by atoms with E-state index in [0.717, 1.165) is 34.8 Å². The van der Waals surface area contributed by atoms with Crippen LogP contribution in [0, 0.1) is 6.92 Å². The molecule has 0 saturated heterocycles. The standard InChI is InChI=1S/C25H24N6O2/c1-3-32-25-30-23(26-15-20-8-5-11-33-20)29-24(31-25)27-19-7-4-6-17(13-19)22-14-18-12-16(2)9-10-21(18)28-22/h4-13H,3,14-15H2,1-2H3,(H2,26,27,29,30,31). The van der Waals surface area contributed by atoms with Gasteiger partial charge < -0.3 is 19.8 Å². The van der Waals surface area contributed by atoms with Crippen molar-refractivity contribution in [2.75, 3.05) is 17.2 Å². The van der Waals surface area contributed by atoms with Crippen LogP contribution in [0.1, 0.15) is 29.4 Å². The summed E-state index contributed by atoms with van der Waals surface area (Å²) in [5, 5.41) is 6.42. The SMILES string of the molecule is CCOc1nc(NCc2ccco2)nc(Nc2cccc(C3=Nc4ccc(C)cc4C3)c2)n1. The van der Waals surface area contributed by atoms with E-state index in [-0.39, 0.29) is 6.01 Å². The summed E-state index contributed by atoms with van der Waals surface area (Å²) in [5.74, 6) is 1.57. The van der Waals surface area contributed by atoms with Crippen LogP contribution in [0.15, 0.2) is 70.3 Å². The van der Waals surface area contributed by atoms with Crippen LogP contribution >= 0.6 is 0 Å². The third kappa shape index (κ3) is 4.85. The second kappa shape index (κ2) is 9.12. The van der Waals surface area contributed by atoms with E-state index in [0.29, 0.717) is 25.0 Å². The van der Waals surface area contributed by atoms with Crippen molar-refractivity contribution in [3.63, 3.8) is 0 Å². The molecule has 4 aromatic rings. The number of benzene rings is 2. The molecular formula is C25H24N6O2. The number of nitrogens with one attached hydrogen (secondary N) is 2. The first kappa shape index (κ1) is 20.7. The van der Waals surface area contributed by atoms with E-state index in [2.05, 4.69) is 62.8 Å². The first-order valence-corrected chi connectivity index (χ1v) is 10.9. The molecule has 0 amide bonds. The van der Waals surface area contributed by atoms with E-state index in [1.54, 1.807) is 6.26 Å². The lowest BCUT2D eigenvalue weighted by atomic mass is 10.0. The van der Waals surface area contributed by atoms with Crippen molar-refractivity contribution < 1.29 is 9.15 Å². The average Bonchev–Trinajstić information content (AvgIpc) is 3.48. The highest BCUT2D eigenvalue weighted by Gasteiger charge is 2.16. The minimum atomic E-state index is 0.249. The Balaban J connectivity index is 1.35. The summed E-state index contributed by atoms with van der Waals surface area (Å²) in [5.41, 5.74) is 6.51. The highest BCUT2D eigenvalue weighted by atomic mass is 16.5. The highest BCUT2D eigenvalue weighted by Crippen LogP contribution is 2.30. The van der Waals surface area contributed by atoms with E-state index in [4.69, 9.17) is 14.1 Å². The van der Waals surface area contributed by atoms with Crippen molar-refractivity contribution in [1.82, 2.24) is 15.0 Å². The number of hydrogen-bond donors (Lipinski definition) is 2. The molecule has 0 fully saturated rings. The molecule has 0 aliphatic carbocycles. The predicted molar refractivity (Wildman–Crippen MR) is 128 cm³/mol. The number of ether oxygens (including phenoxy) is 1. The molecule has 8 nitrogen and oxygen atoms in total. The van der Waals surface area contributed by atoms with Crippen LogP contribution < -0.4 is 15.4 Å². The smallest absolute Gasteiger partial charge is 0.323 e. The van der Waals surface area contributed by atoms with Gasteiger partial charge in [-0.2, -0.15) is 15.0 Å². The van der Waals surface area contributed by atoms with Gasteiger partial charge in [-0.1, -0.05) is 29.8 Å². The molecule has 2 aromatic heterocycles. The Kier molecular flexibility index (Phi) is 5.72. The third-order valence-electron chi connectivity index (χ3n) is 5.19. The summed E-state index contributed by atoms with van der Waals surface area (Å²) < 4.78 is 10.9. The summed E-state index contributed by atoms with van der Waals surface area (Å²) in [6.45, 7) is 4.90. The van der Waals surface area contributed by atoms with Gasteiger partial charge >= 0.3 is 6.01 Å². The maximum atomic E-state index is 5.53. The summed E-state index contributed by atoms with van der Waals surface area (Å²) in [6, 6.07) is 18.4. The second-order valence-electron chi connectivity index (χ2n) is 7.70. The zero-order chi connectivity index (χ0) is 22.6. The fourth-order valence-corrected chi connectivity index (χ4v) is 3.67. The topological polar surface area (TPSA) is 97.5 Å². The van der Waals surface area contributed by atoms with E-state index in [9.17, 15) is 0 Å². The minimum Gasteiger partial charge on any atom is -0.467 e. The first-order chi connectivity index (χ1) is 16.2. The Hall–Kier alpha value is -4.20. The van der Waals surface area contributed by atoms with Crippen molar-refractivity contribution in [2.24, 2.45) is 4.99 Å². The maximum Gasteiger partial charge on any atom is 0.323 e. The Morgan fingerprint density at radius 2 is 1.91 bits per heavy atom. The van der Waals surface area contributed by atoms with Gasteiger partial charge in [0, 0.05) is 12.1 Å². The molecule has 5 rings (SSSR count). The lowest BCUT2D eigenvalue weighted by Crippen LogP contribution is -2.09. The van der Waals surface area contributed by atoms with Gasteiger partial charge in [-0.15, -0.1) is 0 Å². The van der Waals surface area contributed by atoms with Gasteiger partial charge in [0.05, 0.1) is 30.8 Å². The molecule has 0 saturated carbocycles. The Morgan fingerprint density at radius 1 is 1.00 bits per heavy atom. The predicted octanol–water partition coefficient (Wildman–Crippen LogP) is 5.20. The summed E-state index contributed by atoms with van der Waals surface area (Å²) in [6.07, 6.45) is 2.45. The van der Waals surface area contributed by atoms with Crippen LogP contribution in [0.25, 0.3) is 0 Å². The number of anilines is 3. The van der Waals surface area contributed by atoms with Gasteiger partial charge in [0.1, 0.15) is 5.76 Å². The van der Waals surface area contributed by atoms with Crippen LogP contribution in [-0.2, 0) is 13.0 Å². The first-order valence-electron chi connectivity index (χ1n) is 10.9. The molecule has 0 radical (unpaired) electrons. The molecule has 0 bridgehead atoms. The molecule has 2 N–H and O–H groups in total. The number of aryl methyl sites for hydroxylation is 1. The molecule has 8 heteroatoms. The molecule has 3 heterocycles. The Bertz CT molecular complexity index is 1300. The van der Waals surface area contributed by atoms with E-state index in [1.165, 1.54) is 11.1 Å². The van der Waals surface area contributed by atoms with Crippen molar-refractivity contribution in [1.29, 1.82) is 0 Å². The fraction of sp³-hybridized carbons (Fsp3) is 0.200. The van der Waals surface area contributed by atoms with Crippen molar-refractivity contribution in [3.05, 3.63) is 83.3 Å². The molecule has 0 spiro atoms. The molecule has 0 atom stereocenters. The number of rotatable bonds is 8. The molecule has 1 aliphatic heterocycles. The second-order valence-corrected chi connectivity index (χ2v) is 7.70. The zero-order valence-electron chi connectivity index (χ0n) is 18.5. The molecule has 1 aliphatic rings. The lowest BCUT2D eigenvalue weighted by molar-refractivity contribution is 0.312. The number of aliphatic imine (C=N–C) groups is 1. The highest BCUT2D eigenvalue weighted by molar-refractivity contribution is 6.07. The zero-order valence-corrected chi connectivity index (χ0v) is 18.5. The molecule has 2 aromatic carbocycles. The largest absolute Gasteiger partial charge is 0.467 e. The van der Waals surface area contributed by atoms with Gasteiger partial charge in [0.15, 0.2) is 0 Å². The summed E-state index contributed by atoms with van der Waals surface area (Å²) in [4.78, 5) is 18.0. The van der Waals surface area contributed by atoms with Crippen LogP contribution in [0.5, 0.6) is 6.01 Å². The van der Waals surface area contributed by atoms with Crippen molar-refractivity contribution >= 4 is 29.0 Å². The number of hydrogen-bond acceptors (Lipinski definition) is 8.